The standard InChI is InChI=1S/C15H24N4O3S/c1-11-14(12(2)18(3)17-11)6-7-15(20)19-8-4-5-13(9-19)10-23(16,21)22/h6-7,13H,4-5,8-10H2,1-3H3,(H2,16,21,22)/b7-6+. The molecule has 1 fully saturated rings. The van der Waals surface area contributed by atoms with Crippen molar-refractivity contribution in [2.75, 3.05) is 18.8 Å². The molecule has 1 atom stereocenters. The van der Waals surface area contributed by atoms with E-state index in [0.29, 0.717) is 13.1 Å². The molecule has 1 aromatic rings. The molecule has 0 saturated carbocycles. The quantitative estimate of drug-likeness (QED) is 0.811. The molecule has 1 unspecified atom stereocenters. The number of piperidine rings is 1. The van der Waals surface area contributed by atoms with Crippen molar-refractivity contribution in [3.8, 4) is 0 Å². The summed E-state index contributed by atoms with van der Waals surface area (Å²) in [5.74, 6) is -0.258. The van der Waals surface area contributed by atoms with Gasteiger partial charge in [0.25, 0.3) is 0 Å². The molecule has 23 heavy (non-hydrogen) atoms. The van der Waals surface area contributed by atoms with Crippen molar-refractivity contribution < 1.29 is 13.2 Å². The number of amides is 1. The second kappa shape index (κ2) is 6.84. The maximum absolute atomic E-state index is 12.3. The number of likely N-dealkylation sites (tertiary alicyclic amines) is 1. The second-order valence-electron chi connectivity index (χ2n) is 6.16. The van der Waals surface area contributed by atoms with Crippen LogP contribution in [0.4, 0.5) is 0 Å². The number of primary sulfonamides is 1. The molecule has 0 spiro atoms. The van der Waals surface area contributed by atoms with Crippen molar-refractivity contribution in [3.05, 3.63) is 23.0 Å². The third-order valence-electron chi connectivity index (χ3n) is 4.26. The van der Waals surface area contributed by atoms with E-state index in [0.717, 1.165) is 29.8 Å². The first-order valence-electron chi connectivity index (χ1n) is 7.65. The van der Waals surface area contributed by atoms with E-state index >= 15 is 0 Å². The van der Waals surface area contributed by atoms with Gasteiger partial charge in [0.15, 0.2) is 0 Å². The number of hydrogen-bond donors (Lipinski definition) is 1. The van der Waals surface area contributed by atoms with E-state index < -0.39 is 10.0 Å². The van der Waals surface area contributed by atoms with Crippen molar-refractivity contribution in [2.45, 2.75) is 26.7 Å². The Morgan fingerprint density at radius 2 is 2.13 bits per heavy atom. The summed E-state index contributed by atoms with van der Waals surface area (Å²) in [6, 6.07) is 0. The predicted molar refractivity (Wildman–Crippen MR) is 89.0 cm³/mol. The minimum atomic E-state index is -3.50. The number of sulfonamides is 1. The van der Waals surface area contributed by atoms with Crippen LogP contribution in [-0.4, -0.2) is 47.8 Å². The molecule has 1 aliphatic heterocycles. The number of carbonyl (C=O) groups excluding carboxylic acids is 1. The number of hydrogen-bond acceptors (Lipinski definition) is 4. The summed E-state index contributed by atoms with van der Waals surface area (Å²) in [7, 11) is -1.64. The predicted octanol–water partition coefficient (Wildman–Crippen LogP) is 0.577. The van der Waals surface area contributed by atoms with Crippen LogP contribution in [0.5, 0.6) is 0 Å². The van der Waals surface area contributed by atoms with Gasteiger partial charge < -0.3 is 4.90 Å². The molecular formula is C15H24N4O3S. The van der Waals surface area contributed by atoms with Gasteiger partial charge in [-0.1, -0.05) is 0 Å². The van der Waals surface area contributed by atoms with Crippen molar-refractivity contribution in [3.63, 3.8) is 0 Å². The topological polar surface area (TPSA) is 98.3 Å². The lowest BCUT2D eigenvalue weighted by molar-refractivity contribution is -0.127. The molecule has 1 amide bonds. The molecule has 8 heteroatoms. The fraction of sp³-hybridized carbons (Fsp3) is 0.600. The van der Waals surface area contributed by atoms with E-state index in [-0.39, 0.29) is 17.6 Å². The summed E-state index contributed by atoms with van der Waals surface area (Å²) in [4.78, 5) is 14.0. The molecule has 0 aromatic carbocycles. The molecule has 0 aliphatic carbocycles. The van der Waals surface area contributed by atoms with Gasteiger partial charge in [0, 0.05) is 37.5 Å². The fourth-order valence-electron chi connectivity index (χ4n) is 3.02. The van der Waals surface area contributed by atoms with E-state index in [9.17, 15) is 13.2 Å². The maximum atomic E-state index is 12.3. The van der Waals surface area contributed by atoms with Crippen LogP contribution in [0.15, 0.2) is 6.08 Å². The first kappa shape index (κ1) is 17.7. The number of nitrogens with two attached hydrogens (primary N) is 1. The van der Waals surface area contributed by atoms with Crippen LogP contribution >= 0.6 is 0 Å². The van der Waals surface area contributed by atoms with Crippen LogP contribution in [0, 0.1) is 19.8 Å². The molecule has 1 aromatic heterocycles. The lowest BCUT2D eigenvalue weighted by Gasteiger charge is -2.31. The highest BCUT2D eigenvalue weighted by Gasteiger charge is 2.25. The summed E-state index contributed by atoms with van der Waals surface area (Å²) in [6.07, 6.45) is 4.90. The SMILES string of the molecule is Cc1nn(C)c(C)c1/C=C/C(=O)N1CCCC(CS(N)(=O)=O)C1. The summed E-state index contributed by atoms with van der Waals surface area (Å²) in [5.41, 5.74) is 2.82. The molecule has 7 nitrogen and oxygen atoms in total. The first-order chi connectivity index (χ1) is 10.7. The minimum absolute atomic E-state index is 0.0681. The molecule has 2 rings (SSSR count). The van der Waals surface area contributed by atoms with Crippen LogP contribution < -0.4 is 5.14 Å². The van der Waals surface area contributed by atoms with E-state index in [1.165, 1.54) is 6.08 Å². The fourth-order valence-corrected chi connectivity index (χ4v) is 3.95. The van der Waals surface area contributed by atoms with E-state index in [1.807, 2.05) is 20.9 Å². The third kappa shape index (κ3) is 4.65. The van der Waals surface area contributed by atoms with E-state index in [1.54, 1.807) is 15.7 Å². The lowest BCUT2D eigenvalue weighted by atomic mass is 10.00. The summed E-state index contributed by atoms with van der Waals surface area (Å²) >= 11 is 0. The van der Waals surface area contributed by atoms with Crippen molar-refractivity contribution in [2.24, 2.45) is 18.1 Å². The average Bonchev–Trinajstić information content (AvgIpc) is 2.68. The Bertz CT molecular complexity index is 721. The smallest absolute Gasteiger partial charge is 0.246 e. The maximum Gasteiger partial charge on any atom is 0.246 e. The lowest BCUT2D eigenvalue weighted by Crippen LogP contribution is -2.41. The van der Waals surface area contributed by atoms with Gasteiger partial charge in [-0.15, -0.1) is 0 Å². The van der Waals surface area contributed by atoms with Crippen LogP contribution in [-0.2, 0) is 21.9 Å². The Morgan fingerprint density at radius 3 is 2.70 bits per heavy atom. The number of rotatable bonds is 4. The van der Waals surface area contributed by atoms with Gasteiger partial charge in [-0.05, 0) is 38.7 Å². The van der Waals surface area contributed by atoms with Crippen LogP contribution in [0.2, 0.25) is 0 Å². The van der Waals surface area contributed by atoms with Gasteiger partial charge >= 0.3 is 0 Å². The highest BCUT2D eigenvalue weighted by molar-refractivity contribution is 7.89. The normalized spacial score (nSPS) is 19.5. The van der Waals surface area contributed by atoms with Gasteiger partial charge in [-0.2, -0.15) is 5.10 Å². The Kier molecular flexibility index (Phi) is 5.26. The Hall–Kier alpha value is -1.67. The molecule has 2 heterocycles. The molecular weight excluding hydrogens is 316 g/mol. The summed E-state index contributed by atoms with van der Waals surface area (Å²) in [5, 5.41) is 9.42. The average molecular weight is 340 g/mol. The van der Waals surface area contributed by atoms with Crippen molar-refractivity contribution in [1.82, 2.24) is 14.7 Å². The highest BCUT2D eigenvalue weighted by atomic mass is 32.2. The highest BCUT2D eigenvalue weighted by Crippen LogP contribution is 2.19. The zero-order valence-electron chi connectivity index (χ0n) is 13.8. The van der Waals surface area contributed by atoms with Crippen molar-refractivity contribution >= 4 is 22.0 Å². The van der Waals surface area contributed by atoms with E-state index in [4.69, 9.17) is 5.14 Å². The summed E-state index contributed by atoms with van der Waals surface area (Å²) in [6.45, 7) is 4.94. The Balaban J connectivity index is 2.04. The van der Waals surface area contributed by atoms with Gasteiger partial charge in [0.05, 0.1) is 11.4 Å². The summed E-state index contributed by atoms with van der Waals surface area (Å²) < 4.78 is 24.2. The Labute approximate surface area is 137 Å². The number of carbonyl (C=O) groups is 1. The van der Waals surface area contributed by atoms with Crippen LogP contribution in [0.3, 0.4) is 0 Å². The molecule has 1 aliphatic rings. The third-order valence-corrected chi connectivity index (χ3v) is 5.19. The van der Waals surface area contributed by atoms with Crippen LogP contribution in [0.1, 0.15) is 29.8 Å². The zero-order valence-corrected chi connectivity index (χ0v) is 14.6. The van der Waals surface area contributed by atoms with Crippen LogP contribution in [0.25, 0.3) is 6.08 Å². The molecule has 128 valence electrons. The first-order valence-corrected chi connectivity index (χ1v) is 9.36. The zero-order chi connectivity index (χ0) is 17.2. The number of aromatic nitrogens is 2. The van der Waals surface area contributed by atoms with Gasteiger partial charge in [0.1, 0.15) is 0 Å². The Morgan fingerprint density at radius 1 is 1.43 bits per heavy atom. The van der Waals surface area contributed by atoms with Gasteiger partial charge in [0.2, 0.25) is 15.9 Å². The molecule has 1 saturated heterocycles. The minimum Gasteiger partial charge on any atom is -0.339 e. The monoisotopic (exact) mass is 340 g/mol. The second-order valence-corrected chi connectivity index (χ2v) is 7.82. The van der Waals surface area contributed by atoms with Gasteiger partial charge in [-0.3, -0.25) is 9.48 Å². The number of aryl methyl sites for hydroxylation is 2. The van der Waals surface area contributed by atoms with E-state index in [2.05, 4.69) is 5.10 Å². The largest absolute Gasteiger partial charge is 0.339 e. The van der Waals surface area contributed by atoms with Crippen molar-refractivity contribution in [1.29, 1.82) is 0 Å². The van der Waals surface area contributed by atoms with Gasteiger partial charge in [-0.25, -0.2) is 13.6 Å². The number of nitrogens with zero attached hydrogens (tertiary/aromatic N) is 3. The molecule has 0 bridgehead atoms. The molecule has 2 N–H and O–H groups in total. The molecule has 0 radical (unpaired) electrons.